The Hall–Kier alpha value is -6.60. The van der Waals surface area contributed by atoms with Crippen LogP contribution in [0.2, 0.25) is 0 Å². The first-order valence-electron chi connectivity index (χ1n) is 23.2. The molecule has 14 N–H and O–H groups in total. The van der Waals surface area contributed by atoms with Crippen LogP contribution in [0.4, 0.5) is 5.82 Å². The number of ketones is 2. The predicted molar refractivity (Wildman–Crippen MR) is 264 cm³/mol. The van der Waals surface area contributed by atoms with Crippen LogP contribution < -0.4 is 41.9 Å². The first-order valence-corrected chi connectivity index (χ1v) is 24.8. The molecule has 23 heteroatoms. The van der Waals surface area contributed by atoms with Crippen molar-refractivity contribution in [1.82, 2.24) is 24.9 Å². The summed E-state index contributed by atoms with van der Waals surface area (Å²) in [6.07, 6.45) is -2.13. The van der Waals surface area contributed by atoms with E-state index in [0.29, 0.717) is 11.1 Å². The van der Waals surface area contributed by atoms with Crippen molar-refractivity contribution in [3.05, 3.63) is 82.0 Å². The van der Waals surface area contributed by atoms with Crippen LogP contribution in [0.1, 0.15) is 84.4 Å². The second-order valence-corrected chi connectivity index (χ2v) is 20.4. The lowest BCUT2D eigenvalue weighted by Gasteiger charge is -2.32. The molecule has 2 aliphatic rings. The molecule has 388 valence electrons. The lowest BCUT2D eigenvalue weighted by atomic mass is 9.86. The van der Waals surface area contributed by atoms with Crippen LogP contribution in [0.5, 0.6) is 17.2 Å². The molecule has 3 aromatic carbocycles. The first-order chi connectivity index (χ1) is 33.8. The van der Waals surface area contributed by atoms with E-state index in [1.54, 1.807) is 6.92 Å². The molecule has 6 rings (SSSR count). The number of amides is 2. The van der Waals surface area contributed by atoms with Gasteiger partial charge in [0.1, 0.15) is 49.1 Å². The van der Waals surface area contributed by atoms with Crippen LogP contribution in [0.25, 0.3) is 22.5 Å². The molecule has 0 saturated heterocycles. The Morgan fingerprint density at radius 3 is 2.25 bits per heavy atom. The molecular formula is C49H63N9O13S. The molecule has 22 nitrogen and oxygen atoms in total. The van der Waals surface area contributed by atoms with Gasteiger partial charge in [-0.2, -0.15) is 8.42 Å². The minimum absolute atomic E-state index is 0.00352. The molecule has 1 aliphatic heterocycles. The Balaban J connectivity index is 1.47. The van der Waals surface area contributed by atoms with Gasteiger partial charge in [0.15, 0.2) is 28.9 Å². The number of benzene rings is 3. The fourth-order valence-corrected chi connectivity index (χ4v) is 9.42. The zero-order valence-corrected chi connectivity index (χ0v) is 41.5. The Kier molecular flexibility index (Phi) is 17.1. The average molecular weight is 1020 g/mol. The van der Waals surface area contributed by atoms with Crippen molar-refractivity contribution in [3.63, 3.8) is 0 Å². The molecule has 1 aliphatic carbocycles. The summed E-state index contributed by atoms with van der Waals surface area (Å²) in [7, 11) is -3.28. The average Bonchev–Trinajstić information content (AvgIpc) is 3.63. The number of phenolic OH excluding ortho intramolecular Hbond substituents is 1. The van der Waals surface area contributed by atoms with Gasteiger partial charge in [-0.1, -0.05) is 39.0 Å². The number of aryl methyl sites for hydroxylation is 2. The number of nitrogens with one attached hydrogen (secondary N) is 2. The Labute approximate surface area is 416 Å². The number of hydrogen-bond donors (Lipinski definition) is 10. The van der Waals surface area contributed by atoms with Gasteiger partial charge in [-0.05, 0) is 77.8 Å². The fourth-order valence-electron chi connectivity index (χ4n) is 8.99. The van der Waals surface area contributed by atoms with Gasteiger partial charge in [-0.25, -0.2) is 24.6 Å². The van der Waals surface area contributed by atoms with E-state index >= 15 is 0 Å². The Bertz CT molecular complexity index is 2840. The van der Waals surface area contributed by atoms with E-state index in [4.69, 9.17) is 31.8 Å². The van der Waals surface area contributed by atoms with Gasteiger partial charge in [-0.15, -0.1) is 0 Å². The molecule has 6 atom stereocenters. The number of carbonyl (C=O) groups excluding carboxylic acids is 4. The van der Waals surface area contributed by atoms with Gasteiger partial charge in [0, 0.05) is 68.6 Å². The summed E-state index contributed by atoms with van der Waals surface area (Å²) < 4.78 is 38.6. The van der Waals surface area contributed by atoms with E-state index < -0.39 is 107 Å². The maximum Gasteiger partial charge on any atom is 0.326 e. The van der Waals surface area contributed by atoms with Crippen molar-refractivity contribution in [1.29, 1.82) is 0 Å². The normalized spacial score (nSPS) is 19.0. The van der Waals surface area contributed by atoms with Gasteiger partial charge < -0.3 is 57.3 Å². The molecule has 4 aromatic rings. The number of aliphatic hydroxyl groups is 2. The number of carboxylic acids is 1. The number of aliphatic hydroxyl groups excluding tert-OH is 2. The molecular weight excluding hydrogens is 955 g/mol. The van der Waals surface area contributed by atoms with Gasteiger partial charge in [0.05, 0.1) is 17.2 Å². The Morgan fingerprint density at radius 2 is 1.62 bits per heavy atom. The SMILES string of the molecule is Cc1nc(-c2ccc3c(c2)CCC3(C)C)nc(N)c1C(=O)C[C@@H](CNS(N)(=O)=O)C(=O)N(C)[C@@H]1C(=O)C[C@@H](C)C(=O)N[C@H](C(=O)O)Cc2ccc(OC[C@H](O)CN)c(c2)-c2cc1cc(OC[C@H](O)CN)c2O. The Morgan fingerprint density at radius 1 is 0.958 bits per heavy atom. The summed E-state index contributed by atoms with van der Waals surface area (Å²) in [4.78, 5) is 80.4. The number of carbonyl (C=O) groups is 5. The highest BCUT2D eigenvalue weighted by Gasteiger charge is 2.38. The number of hydrogen-bond acceptors (Lipinski definition) is 17. The number of phenols is 1. The number of nitrogens with two attached hydrogens (primary N) is 4. The van der Waals surface area contributed by atoms with Crippen molar-refractivity contribution in [2.45, 2.75) is 89.5 Å². The van der Waals surface area contributed by atoms with Crippen LogP contribution in [-0.4, -0.2) is 131 Å². The van der Waals surface area contributed by atoms with Gasteiger partial charge in [0.2, 0.25) is 11.8 Å². The third-order valence-electron chi connectivity index (χ3n) is 13.0. The number of anilines is 1. The largest absolute Gasteiger partial charge is 0.504 e. The number of aromatic nitrogens is 2. The van der Waals surface area contributed by atoms with Gasteiger partial charge >= 0.3 is 5.97 Å². The minimum atomic E-state index is -4.49. The van der Waals surface area contributed by atoms with Crippen LogP contribution >= 0.6 is 0 Å². The number of Topliss-reactive ketones (excluding diaryl/α,β-unsaturated/α-hetero) is 2. The predicted octanol–water partition coefficient (Wildman–Crippen LogP) is 0.930. The van der Waals surface area contributed by atoms with Crippen molar-refractivity contribution >= 4 is 45.4 Å². The van der Waals surface area contributed by atoms with Crippen LogP contribution in [0.15, 0.2) is 48.5 Å². The zero-order chi connectivity index (χ0) is 53.0. The van der Waals surface area contributed by atoms with Crippen molar-refractivity contribution in [2.75, 3.05) is 45.6 Å². The molecule has 2 heterocycles. The zero-order valence-electron chi connectivity index (χ0n) is 40.7. The number of rotatable bonds is 18. The lowest BCUT2D eigenvalue weighted by Crippen LogP contribution is -2.46. The molecule has 0 spiro atoms. The van der Waals surface area contributed by atoms with Crippen LogP contribution in [-0.2, 0) is 47.6 Å². The van der Waals surface area contributed by atoms with E-state index in [-0.39, 0.29) is 82.6 Å². The summed E-state index contributed by atoms with van der Waals surface area (Å²) in [5.74, 6) is -8.32. The number of likely N-dealkylation sites (N-methyl/N-ethyl adjacent to an activating group) is 1. The molecule has 2 amide bonds. The maximum absolute atomic E-state index is 15.0. The highest BCUT2D eigenvalue weighted by atomic mass is 32.2. The number of nitrogens with zero attached hydrogens (tertiary/aromatic N) is 3. The standard InChI is InChI=1S/C49H63N9O13S/c1-24-12-38(62)42(29-16-34(43(63)40(18-29)71-23-32(60)20-51)33-13-26(14-36(48(66)67)56-46(24)64)6-9-39(33)70-22-31(59)19-50)58(5)47(65)30(21-54-72(53,68)69)17-37(61)41-25(2)55-45(57-44(41)52)28-7-8-35-27(15-28)10-11-49(35,3)4/h6-9,13,15-16,18,24,30-32,36,42,54,59-60,63H,10-12,14,17,19-23,50-51H2,1-5H3,(H,56,64)(H,66,67)(H2,52,55,57)(H2,53,68,69)/t24-,30+,31-,32-,36+,42+/m1/s1. The fraction of sp³-hybridized carbons (Fsp3) is 0.449. The third-order valence-corrected chi connectivity index (χ3v) is 13.6. The lowest BCUT2D eigenvalue weighted by molar-refractivity contribution is -0.143. The molecule has 4 bridgehead atoms. The number of aromatic hydroxyl groups is 1. The maximum atomic E-state index is 15.0. The number of aliphatic carboxylic acids is 1. The topological polar surface area (TPSA) is 376 Å². The summed E-state index contributed by atoms with van der Waals surface area (Å²) in [5, 5.41) is 50.6. The van der Waals surface area contributed by atoms with Gasteiger partial charge in [0.25, 0.3) is 10.2 Å². The minimum Gasteiger partial charge on any atom is -0.504 e. The highest BCUT2D eigenvalue weighted by molar-refractivity contribution is 7.87. The van der Waals surface area contributed by atoms with Crippen molar-refractivity contribution < 1.29 is 62.3 Å². The van der Waals surface area contributed by atoms with Gasteiger partial charge in [-0.3, -0.25) is 19.2 Å². The van der Waals surface area contributed by atoms with E-state index in [1.165, 1.54) is 49.9 Å². The second kappa shape index (κ2) is 22.4. The first kappa shape index (κ1) is 54.7. The van der Waals surface area contributed by atoms with E-state index in [9.17, 15) is 52.8 Å². The second-order valence-electron chi connectivity index (χ2n) is 19.0. The number of fused-ring (bicyclic) bond motifs is 6. The molecule has 0 radical (unpaired) electrons. The van der Waals surface area contributed by atoms with E-state index in [0.717, 1.165) is 23.3 Å². The van der Waals surface area contributed by atoms with E-state index in [1.807, 2.05) is 18.2 Å². The summed E-state index contributed by atoms with van der Waals surface area (Å²) >= 11 is 0. The van der Waals surface area contributed by atoms with Crippen LogP contribution in [0, 0.1) is 18.8 Å². The molecule has 0 fully saturated rings. The third kappa shape index (κ3) is 12.7. The number of nitrogen functional groups attached to an aromatic ring is 1. The summed E-state index contributed by atoms with van der Waals surface area (Å²) in [5.41, 5.74) is 21.1. The molecule has 0 unspecified atom stereocenters. The highest BCUT2D eigenvalue weighted by Crippen LogP contribution is 2.45. The molecule has 72 heavy (non-hydrogen) atoms. The summed E-state index contributed by atoms with van der Waals surface area (Å²) in [6.45, 7) is 5.29. The van der Waals surface area contributed by atoms with Crippen molar-refractivity contribution in [3.8, 4) is 39.8 Å². The quantitative estimate of drug-likeness (QED) is 0.0620. The van der Waals surface area contributed by atoms with E-state index in [2.05, 4.69) is 33.9 Å². The van der Waals surface area contributed by atoms with Crippen molar-refractivity contribution in [2.24, 2.45) is 28.4 Å². The monoisotopic (exact) mass is 1020 g/mol. The number of carboxylic acid groups (broad SMARTS) is 1. The molecule has 0 saturated carbocycles. The molecule has 1 aromatic heterocycles. The smallest absolute Gasteiger partial charge is 0.326 e. The van der Waals surface area contributed by atoms with Crippen LogP contribution in [0.3, 0.4) is 0 Å². The number of ether oxygens (including phenoxy) is 2. The summed E-state index contributed by atoms with van der Waals surface area (Å²) in [6, 6.07) is 9.64.